The van der Waals surface area contributed by atoms with Gasteiger partial charge in [0.1, 0.15) is 6.29 Å². The van der Waals surface area contributed by atoms with Crippen LogP contribution in [-0.4, -0.2) is 18.9 Å². The van der Waals surface area contributed by atoms with Gasteiger partial charge in [0.15, 0.2) is 0 Å². The summed E-state index contributed by atoms with van der Waals surface area (Å²) in [5, 5.41) is 0. The van der Waals surface area contributed by atoms with Crippen molar-refractivity contribution >= 4 is 22.2 Å². The third kappa shape index (κ3) is 2.70. The first-order valence-electron chi connectivity index (χ1n) is 5.24. The summed E-state index contributed by atoms with van der Waals surface area (Å²) in [6, 6.07) is 6.06. The van der Waals surface area contributed by atoms with Crippen molar-refractivity contribution in [1.29, 1.82) is 0 Å². The molecule has 1 aromatic carbocycles. The number of aldehydes is 1. The summed E-state index contributed by atoms with van der Waals surface area (Å²) >= 11 is 3.51. The summed E-state index contributed by atoms with van der Waals surface area (Å²) in [4.78, 5) is 10.8. The van der Waals surface area contributed by atoms with E-state index >= 15 is 0 Å². The third-order valence-electron chi connectivity index (χ3n) is 2.81. The Balaban J connectivity index is 0.000000606. The van der Waals surface area contributed by atoms with E-state index in [9.17, 15) is 4.79 Å². The molecule has 16 heavy (non-hydrogen) atoms. The van der Waals surface area contributed by atoms with Crippen molar-refractivity contribution in [2.75, 3.05) is 7.05 Å². The highest BCUT2D eigenvalue weighted by Gasteiger charge is 2.30. The number of rotatable bonds is 1. The first-order valence-corrected chi connectivity index (χ1v) is 6.03. The van der Waals surface area contributed by atoms with Crippen LogP contribution >= 0.6 is 15.9 Å². The molecule has 1 aliphatic rings. The van der Waals surface area contributed by atoms with Gasteiger partial charge < -0.3 is 16.3 Å². The van der Waals surface area contributed by atoms with Crippen LogP contribution in [0.2, 0.25) is 0 Å². The topological polar surface area (TPSA) is 69.1 Å². The Hall–Kier alpha value is -0.710. The molecule has 0 radical (unpaired) electrons. The molecule has 0 aromatic heterocycles. The van der Waals surface area contributed by atoms with Crippen LogP contribution in [0.4, 0.5) is 0 Å². The minimum Gasteiger partial charge on any atom is -0.333 e. The van der Waals surface area contributed by atoms with Crippen LogP contribution in [0.15, 0.2) is 22.7 Å². The highest BCUT2D eigenvalue weighted by atomic mass is 79.9. The maximum atomic E-state index is 10.8. The average molecular weight is 285 g/mol. The van der Waals surface area contributed by atoms with Crippen LogP contribution in [0.3, 0.4) is 0 Å². The zero-order chi connectivity index (χ0) is 12.2. The lowest BCUT2D eigenvalue weighted by molar-refractivity contribution is -0.112. The van der Waals surface area contributed by atoms with E-state index in [0.29, 0.717) is 6.42 Å². The van der Waals surface area contributed by atoms with E-state index in [1.807, 2.05) is 18.2 Å². The van der Waals surface area contributed by atoms with Crippen LogP contribution in [0.1, 0.15) is 17.5 Å². The Bertz CT molecular complexity index is 381. The van der Waals surface area contributed by atoms with Crippen LogP contribution in [0, 0.1) is 0 Å². The molecule has 2 rings (SSSR count). The molecular formula is C12H17BrN2O. The summed E-state index contributed by atoms with van der Waals surface area (Å²) in [6.45, 7) is 0. The summed E-state index contributed by atoms with van der Waals surface area (Å²) in [6.07, 6.45) is 3.17. The molecule has 0 amide bonds. The van der Waals surface area contributed by atoms with Crippen LogP contribution in [0.25, 0.3) is 0 Å². The van der Waals surface area contributed by atoms with Gasteiger partial charge in [-0.1, -0.05) is 28.1 Å². The van der Waals surface area contributed by atoms with Crippen molar-refractivity contribution in [2.24, 2.45) is 11.5 Å². The second-order valence-electron chi connectivity index (χ2n) is 3.91. The first-order chi connectivity index (χ1) is 7.64. The predicted molar refractivity (Wildman–Crippen MR) is 69.3 cm³/mol. The normalized spacial score (nSPS) is 22.8. The van der Waals surface area contributed by atoms with Gasteiger partial charge in [-0.05, 0) is 43.5 Å². The average Bonchev–Trinajstić information content (AvgIpc) is 2.32. The molecule has 1 aromatic rings. The fourth-order valence-corrected chi connectivity index (χ4v) is 2.56. The summed E-state index contributed by atoms with van der Waals surface area (Å²) in [7, 11) is 1.50. The van der Waals surface area contributed by atoms with Crippen LogP contribution in [0.5, 0.6) is 0 Å². The Kier molecular flexibility index (Phi) is 4.65. The molecule has 1 atom stereocenters. The Morgan fingerprint density at radius 2 is 2.12 bits per heavy atom. The monoisotopic (exact) mass is 284 g/mol. The summed E-state index contributed by atoms with van der Waals surface area (Å²) in [5.41, 5.74) is 12.3. The highest BCUT2D eigenvalue weighted by molar-refractivity contribution is 9.10. The largest absolute Gasteiger partial charge is 0.333 e. The number of halogens is 1. The van der Waals surface area contributed by atoms with Crippen molar-refractivity contribution in [2.45, 2.75) is 24.8 Å². The van der Waals surface area contributed by atoms with Gasteiger partial charge in [0.25, 0.3) is 0 Å². The van der Waals surface area contributed by atoms with Crippen molar-refractivity contribution in [3.8, 4) is 0 Å². The number of benzene rings is 1. The lowest BCUT2D eigenvalue weighted by atomic mass is 9.80. The number of hydrogen-bond donors (Lipinski definition) is 2. The second-order valence-corrected chi connectivity index (χ2v) is 4.76. The SMILES string of the molecule is CN.NC1(C=O)CCc2c(Br)cccc2C1. The third-order valence-corrected chi connectivity index (χ3v) is 3.55. The van der Waals surface area contributed by atoms with E-state index in [0.717, 1.165) is 23.6 Å². The molecule has 0 aliphatic heterocycles. The first kappa shape index (κ1) is 13.4. The predicted octanol–water partition coefficient (Wildman–Crippen LogP) is 1.41. The number of carbonyl (C=O) groups excluding carboxylic acids is 1. The van der Waals surface area contributed by atoms with Gasteiger partial charge >= 0.3 is 0 Å². The minimum atomic E-state index is -0.645. The maximum absolute atomic E-state index is 10.8. The van der Waals surface area contributed by atoms with Gasteiger partial charge in [-0.3, -0.25) is 0 Å². The Morgan fingerprint density at radius 3 is 2.75 bits per heavy atom. The molecular weight excluding hydrogens is 268 g/mol. The fraction of sp³-hybridized carbons (Fsp3) is 0.417. The zero-order valence-electron chi connectivity index (χ0n) is 9.37. The van der Waals surface area contributed by atoms with Gasteiger partial charge in [-0.2, -0.15) is 0 Å². The molecule has 88 valence electrons. The van der Waals surface area contributed by atoms with Gasteiger partial charge in [-0.15, -0.1) is 0 Å². The maximum Gasteiger partial charge on any atom is 0.140 e. The lowest BCUT2D eigenvalue weighted by Crippen LogP contribution is -2.46. The van der Waals surface area contributed by atoms with E-state index in [1.54, 1.807) is 0 Å². The molecule has 0 fully saturated rings. The zero-order valence-corrected chi connectivity index (χ0v) is 11.0. The van der Waals surface area contributed by atoms with Crippen LogP contribution < -0.4 is 11.5 Å². The highest BCUT2D eigenvalue weighted by Crippen LogP contribution is 2.30. The van der Waals surface area contributed by atoms with Crippen molar-refractivity contribution in [3.63, 3.8) is 0 Å². The second kappa shape index (κ2) is 5.57. The molecule has 0 spiro atoms. The van der Waals surface area contributed by atoms with Crippen LogP contribution in [-0.2, 0) is 17.6 Å². The Labute approximate surface area is 104 Å². The fourth-order valence-electron chi connectivity index (χ4n) is 1.95. The number of fused-ring (bicyclic) bond motifs is 1. The molecule has 0 saturated heterocycles. The Morgan fingerprint density at radius 1 is 1.44 bits per heavy atom. The van der Waals surface area contributed by atoms with Crippen molar-refractivity contribution in [3.05, 3.63) is 33.8 Å². The van der Waals surface area contributed by atoms with Gasteiger partial charge in [0.2, 0.25) is 0 Å². The molecule has 0 heterocycles. The van der Waals surface area contributed by atoms with E-state index in [-0.39, 0.29) is 0 Å². The number of nitrogens with two attached hydrogens (primary N) is 2. The standard InChI is InChI=1S/C11H12BrNO.CH5N/c12-10-3-1-2-8-6-11(13,7-14)5-4-9(8)10;1-2/h1-3,7H,4-6,13H2;2H2,1H3. The van der Waals surface area contributed by atoms with E-state index in [2.05, 4.69) is 21.7 Å². The quantitative estimate of drug-likeness (QED) is 0.766. The lowest BCUT2D eigenvalue weighted by Gasteiger charge is -2.30. The smallest absolute Gasteiger partial charge is 0.140 e. The molecule has 4 heteroatoms. The molecule has 1 aliphatic carbocycles. The van der Waals surface area contributed by atoms with Gasteiger partial charge in [0.05, 0.1) is 5.54 Å². The molecule has 0 saturated carbocycles. The van der Waals surface area contributed by atoms with E-state index in [4.69, 9.17) is 5.73 Å². The van der Waals surface area contributed by atoms with Crippen molar-refractivity contribution in [1.82, 2.24) is 0 Å². The van der Waals surface area contributed by atoms with E-state index < -0.39 is 5.54 Å². The van der Waals surface area contributed by atoms with Gasteiger partial charge in [-0.25, -0.2) is 0 Å². The van der Waals surface area contributed by atoms with Gasteiger partial charge in [0, 0.05) is 4.47 Å². The minimum absolute atomic E-state index is 0.645. The number of hydrogen-bond acceptors (Lipinski definition) is 3. The summed E-state index contributed by atoms with van der Waals surface area (Å²) < 4.78 is 1.13. The molecule has 4 N–H and O–H groups in total. The molecule has 3 nitrogen and oxygen atoms in total. The van der Waals surface area contributed by atoms with Crippen molar-refractivity contribution < 1.29 is 4.79 Å². The number of carbonyl (C=O) groups is 1. The summed E-state index contributed by atoms with van der Waals surface area (Å²) in [5.74, 6) is 0. The van der Waals surface area contributed by atoms with E-state index in [1.165, 1.54) is 18.2 Å². The molecule has 1 unspecified atom stereocenters. The molecule has 0 bridgehead atoms.